The van der Waals surface area contributed by atoms with E-state index < -0.39 is 28.1 Å². The minimum Gasteiger partial charge on any atom is -0.465 e. The minimum absolute atomic E-state index is 0.0964. The third-order valence-corrected chi connectivity index (χ3v) is 8.04. The summed E-state index contributed by atoms with van der Waals surface area (Å²) in [7, 11) is 0. The highest BCUT2D eigenvalue weighted by Gasteiger charge is 2.45. The highest BCUT2D eigenvalue weighted by molar-refractivity contribution is 9.10. The Morgan fingerprint density at radius 2 is 1.77 bits per heavy atom. The molecule has 0 atom stereocenters. The number of nitrogens with zero attached hydrogens (tertiary/aromatic N) is 5. The fourth-order valence-electron chi connectivity index (χ4n) is 5.45. The Morgan fingerprint density at radius 1 is 1.11 bits per heavy atom. The summed E-state index contributed by atoms with van der Waals surface area (Å²) in [6, 6.07) is 0.728. The monoisotopic (exact) mass is 561 g/mol. The Labute approximate surface area is 207 Å². The van der Waals surface area contributed by atoms with Gasteiger partial charge in [-0.3, -0.25) is 4.90 Å². The zero-order valence-electron chi connectivity index (χ0n) is 18.7. The molecule has 1 amide bonds. The van der Waals surface area contributed by atoms with Crippen molar-refractivity contribution in [1.82, 2.24) is 19.8 Å². The van der Waals surface area contributed by atoms with Crippen LogP contribution >= 0.6 is 15.9 Å². The van der Waals surface area contributed by atoms with Crippen LogP contribution in [-0.2, 0) is 6.18 Å². The van der Waals surface area contributed by atoms with Crippen LogP contribution in [0.1, 0.15) is 31.2 Å². The average molecular weight is 562 g/mol. The highest BCUT2D eigenvalue weighted by atomic mass is 79.9. The highest BCUT2D eigenvalue weighted by Crippen LogP contribution is 2.42. The van der Waals surface area contributed by atoms with Crippen LogP contribution in [-0.4, -0.2) is 82.4 Å². The zero-order chi connectivity index (χ0) is 25.0. The molecule has 3 fully saturated rings. The predicted molar refractivity (Wildman–Crippen MR) is 122 cm³/mol. The minimum atomic E-state index is -4.80. The number of fused-ring (bicyclic) bond motifs is 2. The molecule has 0 bridgehead atoms. The van der Waals surface area contributed by atoms with Crippen molar-refractivity contribution in [2.75, 3.05) is 50.8 Å². The summed E-state index contributed by atoms with van der Waals surface area (Å²) >= 11 is 2.75. The number of anilines is 1. The van der Waals surface area contributed by atoms with Gasteiger partial charge < -0.3 is 19.6 Å². The second-order valence-corrected chi connectivity index (χ2v) is 10.0. The van der Waals surface area contributed by atoms with E-state index in [1.165, 1.54) is 4.90 Å². The van der Waals surface area contributed by atoms with Gasteiger partial charge in [0.05, 0.1) is 15.6 Å². The van der Waals surface area contributed by atoms with Gasteiger partial charge in [0, 0.05) is 31.6 Å². The first-order valence-corrected chi connectivity index (χ1v) is 12.3. The van der Waals surface area contributed by atoms with Crippen LogP contribution in [0.3, 0.4) is 0 Å². The third kappa shape index (κ3) is 4.37. The molecule has 3 saturated heterocycles. The van der Waals surface area contributed by atoms with E-state index in [2.05, 4.69) is 30.8 Å². The van der Waals surface area contributed by atoms with Crippen LogP contribution in [0.15, 0.2) is 10.5 Å². The molecule has 0 spiro atoms. The van der Waals surface area contributed by atoms with Crippen LogP contribution in [0.25, 0.3) is 10.9 Å². The fourth-order valence-corrected chi connectivity index (χ4v) is 5.98. The lowest BCUT2D eigenvalue weighted by Crippen LogP contribution is -2.48. The van der Waals surface area contributed by atoms with Crippen LogP contribution in [0, 0.1) is 5.82 Å². The molecule has 4 heterocycles. The number of piperazine rings is 1. The fraction of sp³-hybridized carbons (Fsp3) is 0.591. The van der Waals surface area contributed by atoms with E-state index in [4.69, 9.17) is 4.74 Å². The number of hydrogen-bond acceptors (Lipinski definition) is 6. The molecule has 1 aromatic carbocycles. The molecule has 3 aliphatic heterocycles. The van der Waals surface area contributed by atoms with Gasteiger partial charge in [0.2, 0.25) is 0 Å². The average Bonchev–Trinajstić information content (AvgIpc) is 3.39. The number of aromatic nitrogens is 2. The molecule has 0 saturated carbocycles. The molecule has 0 unspecified atom stereocenters. The smallest absolute Gasteiger partial charge is 0.417 e. The maximum absolute atomic E-state index is 15.2. The number of halogens is 5. The lowest BCUT2D eigenvalue weighted by Gasteiger charge is -2.35. The number of benzene rings is 1. The summed E-state index contributed by atoms with van der Waals surface area (Å²) in [4.78, 5) is 25.1. The first-order valence-electron chi connectivity index (χ1n) is 11.5. The van der Waals surface area contributed by atoms with E-state index >= 15 is 4.39 Å². The number of alkyl halides is 3. The van der Waals surface area contributed by atoms with Gasteiger partial charge in [0.15, 0.2) is 5.82 Å². The molecule has 8 nitrogen and oxygen atoms in total. The van der Waals surface area contributed by atoms with Gasteiger partial charge >= 0.3 is 18.3 Å². The normalized spacial score (nSPS) is 20.5. The number of ether oxygens (including phenoxy) is 1. The van der Waals surface area contributed by atoms with Crippen molar-refractivity contribution in [1.29, 1.82) is 0 Å². The zero-order valence-corrected chi connectivity index (χ0v) is 20.3. The molecule has 13 heteroatoms. The Morgan fingerprint density at radius 3 is 2.37 bits per heavy atom. The summed E-state index contributed by atoms with van der Waals surface area (Å²) < 4.78 is 61.3. The Balaban J connectivity index is 1.55. The number of amides is 1. The second kappa shape index (κ2) is 8.91. The van der Waals surface area contributed by atoms with Crippen molar-refractivity contribution in [2.45, 2.75) is 37.4 Å². The molecule has 2 aromatic rings. The van der Waals surface area contributed by atoms with Crippen molar-refractivity contribution < 1.29 is 32.2 Å². The summed E-state index contributed by atoms with van der Waals surface area (Å²) in [5, 5.41) is 9.13. The van der Waals surface area contributed by atoms with E-state index in [9.17, 15) is 23.1 Å². The number of rotatable bonds is 4. The Kier molecular flexibility index (Phi) is 6.19. The summed E-state index contributed by atoms with van der Waals surface area (Å²) in [5.74, 6) is -1.05. The maximum atomic E-state index is 15.2. The van der Waals surface area contributed by atoms with Gasteiger partial charge in [0.1, 0.15) is 17.9 Å². The summed E-state index contributed by atoms with van der Waals surface area (Å²) in [6.07, 6.45) is -1.81. The number of carboxylic acid groups (broad SMARTS) is 1. The maximum Gasteiger partial charge on any atom is 0.417 e. The van der Waals surface area contributed by atoms with Crippen molar-refractivity contribution in [2.24, 2.45) is 0 Å². The molecule has 0 aliphatic carbocycles. The van der Waals surface area contributed by atoms with E-state index in [1.807, 2.05) is 0 Å². The summed E-state index contributed by atoms with van der Waals surface area (Å²) in [5.41, 5.74) is -1.57. The molecule has 1 aromatic heterocycles. The molecule has 5 rings (SSSR count). The van der Waals surface area contributed by atoms with Crippen LogP contribution in [0.2, 0.25) is 0 Å². The van der Waals surface area contributed by atoms with Crippen molar-refractivity contribution in [3.8, 4) is 6.01 Å². The first-order chi connectivity index (χ1) is 16.6. The lowest BCUT2D eigenvalue weighted by molar-refractivity contribution is -0.138. The number of hydrogen-bond donors (Lipinski definition) is 1. The van der Waals surface area contributed by atoms with Crippen molar-refractivity contribution in [3.63, 3.8) is 0 Å². The van der Waals surface area contributed by atoms with E-state index in [-0.39, 0.29) is 54.4 Å². The van der Waals surface area contributed by atoms with Crippen LogP contribution < -0.4 is 9.64 Å². The molecule has 3 aliphatic rings. The second-order valence-electron chi connectivity index (χ2n) is 9.24. The Bertz CT molecular complexity index is 1150. The Hall–Kier alpha value is -2.41. The van der Waals surface area contributed by atoms with Crippen LogP contribution in [0.4, 0.5) is 28.2 Å². The molecule has 0 radical (unpaired) electrons. The van der Waals surface area contributed by atoms with Crippen molar-refractivity contribution in [3.05, 3.63) is 21.9 Å². The lowest BCUT2D eigenvalue weighted by atomic mass is 9.95. The quantitative estimate of drug-likeness (QED) is 0.555. The summed E-state index contributed by atoms with van der Waals surface area (Å²) in [6.45, 7) is 2.95. The van der Waals surface area contributed by atoms with Gasteiger partial charge in [-0.2, -0.15) is 23.1 Å². The largest absolute Gasteiger partial charge is 0.465 e. The first kappa shape index (κ1) is 24.3. The van der Waals surface area contributed by atoms with E-state index in [0.29, 0.717) is 6.61 Å². The van der Waals surface area contributed by atoms with Gasteiger partial charge in [-0.1, -0.05) is 0 Å². The SMILES string of the molecule is O=C(O)N1CCN(c2nc(OCC34CCCN3CCC4)nc3c(F)c(Br)c(C(F)(F)F)cc23)CC1. The van der Waals surface area contributed by atoms with Gasteiger partial charge in [-0.25, -0.2) is 9.18 Å². The third-order valence-electron chi connectivity index (χ3n) is 7.27. The van der Waals surface area contributed by atoms with Crippen LogP contribution in [0.5, 0.6) is 6.01 Å². The molecule has 190 valence electrons. The van der Waals surface area contributed by atoms with E-state index in [1.54, 1.807) is 4.90 Å². The topological polar surface area (TPSA) is 82.0 Å². The van der Waals surface area contributed by atoms with Gasteiger partial charge in [0.25, 0.3) is 0 Å². The molecular weight excluding hydrogens is 538 g/mol. The standard InChI is InChI=1S/C22H24BrF4N5O3/c23-15-14(22(25,26)27)11-13-17(16(15)24)28-19(35-12-21-3-1-5-32(21)6-2-4-21)29-18(13)30-7-9-31(10-8-30)20(33)34/h11H,1-10,12H2,(H,33,34). The molecule has 35 heavy (non-hydrogen) atoms. The molecular formula is C22H24BrF4N5O3. The van der Waals surface area contributed by atoms with Gasteiger partial charge in [-0.05, 0) is 60.8 Å². The van der Waals surface area contributed by atoms with E-state index in [0.717, 1.165) is 44.8 Å². The number of carbonyl (C=O) groups is 1. The predicted octanol–water partition coefficient (Wildman–Crippen LogP) is 4.36. The molecule has 1 N–H and O–H groups in total. The van der Waals surface area contributed by atoms with Crippen molar-refractivity contribution >= 4 is 38.7 Å². The van der Waals surface area contributed by atoms with Gasteiger partial charge in [-0.15, -0.1) is 0 Å².